The van der Waals surface area contributed by atoms with E-state index >= 15 is 0 Å². The third kappa shape index (κ3) is 3.57. The molecule has 0 aliphatic rings. The molecule has 0 spiro atoms. The second-order valence-electron chi connectivity index (χ2n) is 2.79. The van der Waals surface area contributed by atoms with Gasteiger partial charge in [0.05, 0.1) is 0 Å². The van der Waals surface area contributed by atoms with Gasteiger partial charge in [-0.05, 0) is 0 Å². The predicted octanol–water partition coefficient (Wildman–Crippen LogP) is 2.37. The van der Waals surface area contributed by atoms with Crippen LogP contribution < -0.4 is 3.58 Å². The number of halogens is 1. The first-order valence-electron chi connectivity index (χ1n) is 4.32. The molecule has 12 heavy (non-hydrogen) atoms. The molecule has 0 heterocycles. The molecule has 64 valence electrons. The molecule has 0 aliphatic heterocycles. The van der Waals surface area contributed by atoms with Crippen LogP contribution in [0.4, 0.5) is 4.39 Å². The number of hydrogen-bond donors (Lipinski definition) is 0. The molecular weight excluding hydrogens is 258 g/mol. The summed E-state index contributed by atoms with van der Waals surface area (Å²) in [7, 11) is 0. The van der Waals surface area contributed by atoms with Crippen LogP contribution >= 0.6 is 0 Å². The Labute approximate surface area is 83.4 Å². The van der Waals surface area contributed by atoms with E-state index in [0.717, 1.165) is 0 Å². The standard InChI is InChI=1S/C6H4F.C4H9.Sn/c7-6-4-2-1-3-5-6;1-3-4-2;/h2-5H;1,3-4H2,2H3;. The van der Waals surface area contributed by atoms with Crippen LogP contribution in [0.3, 0.4) is 0 Å². The monoisotopic (exact) mass is 272 g/mol. The molecule has 0 unspecified atom stereocenters. The molecule has 0 bridgehead atoms. The van der Waals surface area contributed by atoms with Crippen molar-refractivity contribution in [1.29, 1.82) is 0 Å². The minimum absolute atomic E-state index is 0.117. The summed E-state index contributed by atoms with van der Waals surface area (Å²) in [6.45, 7) is 2.21. The van der Waals surface area contributed by atoms with Gasteiger partial charge in [0.25, 0.3) is 0 Å². The van der Waals surface area contributed by atoms with Gasteiger partial charge in [-0.3, -0.25) is 0 Å². The van der Waals surface area contributed by atoms with Crippen LogP contribution in [0, 0.1) is 5.82 Å². The zero-order chi connectivity index (χ0) is 8.81. The van der Waals surface area contributed by atoms with Crippen molar-refractivity contribution in [2.75, 3.05) is 0 Å². The topological polar surface area (TPSA) is 0 Å². The molecule has 2 heteroatoms. The summed E-state index contributed by atoms with van der Waals surface area (Å²) < 4.78 is 15.3. The van der Waals surface area contributed by atoms with Gasteiger partial charge < -0.3 is 0 Å². The Bertz CT molecular complexity index is 218. The third-order valence-corrected chi connectivity index (χ3v) is 5.54. The first-order chi connectivity index (χ1) is 5.83. The van der Waals surface area contributed by atoms with E-state index in [4.69, 9.17) is 0 Å². The fourth-order valence-electron chi connectivity index (χ4n) is 0.977. The van der Waals surface area contributed by atoms with E-state index < -0.39 is 0 Å². The Morgan fingerprint density at radius 3 is 2.50 bits per heavy atom. The SMILES string of the molecule is CCC[CH2][Sn][c]1ccc(F)cc1. The molecule has 0 amide bonds. The van der Waals surface area contributed by atoms with Crippen LogP contribution in [0.5, 0.6) is 0 Å². The molecule has 0 fully saturated rings. The van der Waals surface area contributed by atoms with E-state index in [-0.39, 0.29) is 27.0 Å². The van der Waals surface area contributed by atoms with Gasteiger partial charge >= 0.3 is 83.4 Å². The molecule has 0 saturated heterocycles. The molecule has 0 saturated carbocycles. The molecule has 0 nitrogen and oxygen atoms in total. The van der Waals surface area contributed by atoms with Crippen LogP contribution in [0.25, 0.3) is 0 Å². The van der Waals surface area contributed by atoms with Gasteiger partial charge in [-0.15, -0.1) is 0 Å². The van der Waals surface area contributed by atoms with Gasteiger partial charge in [0.1, 0.15) is 0 Å². The number of benzene rings is 1. The molecule has 1 rings (SSSR count). The van der Waals surface area contributed by atoms with Gasteiger partial charge in [0, 0.05) is 0 Å². The van der Waals surface area contributed by atoms with E-state index in [1.165, 1.54) is 20.9 Å². The van der Waals surface area contributed by atoms with Crippen molar-refractivity contribution in [2.24, 2.45) is 0 Å². The summed E-state index contributed by atoms with van der Waals surface area (Å²) in [6.07, 6.45) is 2.62. The van der Waals surface area contributed by atoms with Crippen molar-refractivity contribution >= 4 is 24.7 Å². The van der Waals surface area contributed by atoms with Crippen LogP contribution in [-0.2, 0) is 0 Å². The van der Waals surface area contributed by atoms with Crippen LogP contribution in [-0.4, -0.2) is 21.1 Å². The van der Waals surface area contributed by atoms with Crippen molar-refractivity contribution in [3.8, 4) is 0 Å². The van der Waals surface area contributed by atoms with Crippen molar-refractivity contribution < 1.29 is 4.39 Å². The fourth-order valence-corrected chi connectivity index (χ4v) is 4.46. The number of hydrogen-bond acceptors (Lipinski definition) is 0. The predicted molar refractivity (Wildman–Crippen MR) is 51.5 cm³/mol. The molecule has 1 aromatic carbocycles. The Balaban J connectivity index is 2.37. The van der Waals surface area contributed by atoms with Crippen molar-refractivity contribution in [3.05, 3.63) is 30.1 Å². The minimum atomic E-state index is -0.370. The molecule has 0 aliphatic carbocycles. The van der Waals surface area contributed by atoms with E-state index in [1.807, 2.05) is 12.1 Å². The molecule has 0 aromatic heterocycles. The summed E-state index contributed by atoms with van der Waals surface area (Å²) in [5, 5.41) is 0. The summed E-state index contributed by atoms with van der Waals surface area (Å²) in [6, 6.07) is 7.03. The van der Waals surface area contributed by atoms with Gasteiger partial charge in [0.15, 0.2) is 0 Å². The summed E-state index contributed by atoms with van der Waals surface area (Å²) in [4.78, 5) is 0. The first kappa shape index (κ1) is 10.0. The van der Waals surface area contributed by atoms with Crippen LogP contribution in [0.1, 0.15) is 19.8 Å². The average Bonchev–Trinajstić information content (AvgIpc) is 2.09. The second-order valence-corrected chi connectivity index (χ2v) is 6.87. The van der Waals surface area contributed by atoms with E-state index in [1.54, 1.807) is 12.1 Å². The average molecular weight is 271 g/mol. The van der Waals surface area contributed by atoms with Crippen LogP contribution in [0.15, 0.2) is 24.3 Å². The number of rotatable bonds is 4. The van der Waals surface area contributed by atoms with Gasteiger partial charge in [-0.2, -0.15) is 0 Å². The van der Waals surface area contributed by atoms with Gasteiger partial charge in [-0.25, -0.2) is 0 Å². The maximum absolute atomic E-state index is 12.5. The first-order valence-corrected chi connectivity index (χ1v) is 7.77. The zero-order valence-corrected chi connectivity index (χ0v) is 10.2. The van der Waals surface area contributed by atoms with Crippen LogP contribution in [0.2, 0.25) is 4.44 Å². The molecule has 0 N–H and O–H groups in total. The normalized spacial score (nSPS) is 10.2. The second kappa shape index (κ2) is 5.57. The Morgan fingerprint density at radius 1 is 1.25 bits per heavy atom. The Morgan fingerprint density at radius 2 is 1.92 bits per heavy atom. The number of unbranched alkanes of at least 4 members (excludes halogenated alkanes) is 1. The molecule has 2 radical (unpaired) electrons. The quantitative estimate of drug-likeness (QED) is 0.582. The van der Waals surface area contributed by atoms with Gasteiger partial charge in [0.2, 0.25) is 0 Å². The van der Waals surface area contributed by atoms with Gasteiger partial charge in [-0.1, -0.05) is 0 Å². The summed E-state index contributed by atoms with van der Waals surface area (Å²) in [5.74, 6) is -0.117. The fraction of sp³-hybridized carbons (Fsp3) is 0.400. The van der Waals surface area contributed by atoms with E-state index in [2.05, 4.69) is 6.92 Å². The summed E-state index contributed by atoms with van der Waals surface area (Å²) in [5.41, 5.74) is 0. The van der Waals surface area contributed by atoms with E-state index in [9.17, 15) is 4.39 Å². The summed E-state index contributed by atoms with van der Waals surface area (Å²) >= 11 is -0.370. The maximum atomic E-state index is 12.5. The van der Waals surface area contributed by atoms with Crippen molar-refractivity contribution in [3.63, 3.8) is 0 Å². The van der Waals surface area contributed by atoms with Crippen molar-refractivity contribution in [2.45, 2.75) is 24.2 Å². The van der Waals surface area contributed by atoms with Crippen molar-refractivity contribution in [1.82, 2.24) is 0 Å². The zero-order valence-electron chi connectivity index (χ0n) is 7.31. The molecule has 0 atom stereocenters. The molecule has 1 aromatic rings. The molecular formula is C10H13FSn. The Hall–Kier alpha value is -0.0513. The third-order valence-electron chi connectivity index (χ3n) is 1.70. The van der Waals surface area contributed by atoms with E-state index in [0.29, 0.717) is 0 Å². The Kier molecular flexibility index (Phi) is 4.66.